The minimum absolute atomic E-state index is 0.0961. The molecule has 24 heavy (non-hydrogen) atoms. The van der Waals surface area contributed by atoms with Crippen LogP contribution in [0.15, 0.2) is 47.4 Å². The van der Waals surface area contributed by atoms with Gasteiger partial charge in [0.2, 0.25) is 10.0 Å². The second-order valence-electron chi connectivity index (χ2n) is 6.12. The van der Waals surface area contributed by atoms with Crippen LogP contribution in [-0.4, -0.2) is 31.9 Å². The number of aryl methyl sites for hydroxylation is 2. The van der Waals surface area contributed by atoms with Crippen LogP contribution in [0.4, 0.5) is 0 Å². The largest absolute Gasteiger partial charge is 0.371 e. The Morgan fingerprint density at radius 3 is 2.58 bits per heavy atom. The zero-order valence-corrected chi connectivity index (χ0v) is 15.3. The zero-order chi connectivity index (χ0) is 17.3. The number of hydrogen-bond donors (Lipinski definition) is 0. The van der Waals surface area contributed by atoms with E-state index in [2.05, 4.69) is 0 Å². The highest BCUT2D eigenvalue weighted by Crippen LogP contribution is 2.27. The summed E-state index contributed by atoms with van der Waals surface area (Å²) < 4.78 is 32.7. The molecule has 1 aliphatic heterocycles. The molecule has 6 heteroatoms. The Balaban J connectivity index is 1.62. The second-order valence-corrected chi connectivity index (χ2v) is 8.43. The van der Waals surface area contributed by atoms with Crippen molar-refractivity contribution >= 4 is 21.6 Å². The maximum absolute atomic E-state index is 12.7. The van der Waals surface area contributed by atoms with Gasteiger partial charge in [-0.3, -0.25) is 0 Å². The van der Waals surface area contributed by atoms with Gasteiger partial charge in [0.15, 0.2) is 0 Å². The first-order valence-electron chi connectivity index (χ1n) is 7.80. The van der Waals surface area contributed by atoms with Crippen molar-refractivity contribution in [2.45, 2.75) is 31.5 Å². The van der Waals surface area contributed by atoms with Crippen LogP contribution < -0.4 is 0 Å². The van der Waals surface area contributed by atoms with Crippen molar-refractivity contribution in [2.75, 3.05) is 13.1 Å². The van der Waals surface area contributed by atoms with Crippen LogP contribution >= 0.6 is 11.6 Å². The van der Waals surface area contributed by atoms with E-state index >= 15 is 0 Å². The first kappa shape index (κ1) is 17.4. The maximum Gasteiger partial charge on any atom is 0.243 e. The molecule has 2 aromatic carbocycles. The van der Waals surface area contributed by atoms with Crippen molar-refractivity contribution in [1.82, 2.24) is 4.31 Å². The van der Waals surface area contributed by atoms with E-state index in [1.165, 1.54) is 4.31 Å². The van der Waals surface area contributed by atoms with Crippen molar-refractivity contribution in [3.63, 3.8) is 0 Å². The van der Waals surface area contributed by atoms with E-state index in [1.807, 2.05) is 50.2 Å². The van der Waals surface area contributed by atoms with Gasteiger partial charge < -0.3 is 4.74 Å². The molecule has 1 aliphatic rings. The molecule has 128 valence electrons. The van der Waals surface area contributed by atoms with Crippen molar-refractivity contribution in [3.8, 4) is 0 Å². The number of ether oxygens (including phenoxy) is 1. The molecule has 1 saturated heterocycles. The third kappa shape index (κ3) is 3.49. The summed E-state index contributed by atoms with van der Waals surface area (Å²) in [6, 6.07) is 13.0. The highest BCUT2D eigenvalue weighted by atomic mass is 35.5. The van der Waals surface area contributed by atoms with Gasteiger partial charge in [0.05, 0.1) is 17.6 Å². The average molecular weight is 366 g/mol. The maximum atomic E-state index is 12.7. The lowest BCUT2D eigenvalue weighted by molar-refractivity contribution is -0.0295. The summed E-state index contributed by atoms with van der Waals surface area (Å²) in [6.07, 6.45) is -0.0961. The van der Waals surface area contributed by atoms with Gasteiger partial charge in [-0.2, -0.15) is 4.31 Å². The van der Waals surface area contributed by atoms with Gasteiger partial charge in [-0.1, -0.05) is 41.9 Å². The minimum Gasteiger partial charge on any atom is -0.371 e. The van der Waals surface area contributed by atoms with Gasteiger partial charge in [-0.05, 0) is 42.7 Å². The molecular weight excluding hydrogens is 346 g/mol. The Morgan fingerprint density at radius 1 is 1.17 bits per heavy atom. The van der Waals surface area contributed by atoms with Gasteiger partial charge in [-0.15, -0.1) is 0 Å². The molecule has 4 nitrogen and oxygen atoms in total. The van der Waals surface area contributed by atoms with Gasteiger partial charge >= 0.3 is 0 Å². The first-order valence-corrected chi connectivity index (χ1v) is 9.62. The number of benzene rings is 2. The van der Waals surface area contributed by atoms with Crippen molar-refractivity contribution < 1.29 is 13.2 Å². The zero-order valence-electron chi connectivity index (χ0n) is 13.7. The van der Waals surface area contributed by atoms with E-state index in [4.69, 9.17) is 16.3 Å². The second kappa shape index (κ2) is 6.84. The van der Waals surface area contributed by atoms with Crippen molar-refractivity contribution in [2.24, 2.45) is 0 Å². The Hall–Kier alpha value is -1.40. The van der Waals surface area contributed by atoms with Gasteiger partial charge in [0, 0.05) is 18.1 Å². The van der Waals surface area contributed by atoms with Crippen LogP contribution in [0.25, 0.3) is 0 Å². The molecule has 0 bridgehead atoms. The summed E-state index contributed by atoms with van der Waals surface area (Å²) in [5.74, 6) is 0. The Kier molecular flexibility index (Phi) is 4.97. The molecule has 0 spiro atoms. The first-order chi connectivity index (χ1) is 11.4. The topological polar surface area (TPSA) is 46.6 Å². The van der Waals surface area contributed by atoms with E-state index in [0.717, 1.165) is 16.7 Å². The summed E-state index contributed by atoms with van der Waals surface area (Å²) >= 11 is 6.10. The monoisotopic (exact) mass is 365 g/mol. The third-order valence-electron chi connectivity index (χ3n) is 4.21. The summed E-state index contributed by atoms with van der Waals surface area (Å²) in [7, 11) is -3.45. The Morgan fingerprint density at radius 2 is 1.88 bits per heavy atom. The number of hydrogen-bond acceptors (Lipinski definition) is 3. The highest BCUT2D eigenvalue weighted by molar-refractivity contribution is 7.89. The predicted octanol–water partition coefficient (Wildman–Crippen LogP) is 3.55. The fraction of sp³-hybridized carbons (Fsp3) is 0.333. The smallest absolute Gasteiger partial charge is 0.243 e. The Bertz CT molecular complexity index is 845. The number of sulfonamides is 1. The molecule has 3 rings (SSSR count). The molecule has 0 radical (unpaired) electrons. The summed E-state index contributed by atoms with van der Waals surface area (Å²) in [4.78, 5) is 0.382. The molecule has 0 aromatic heterocycles. The van der Waals surface area contributed by atoms with E-state index in [-0.39, 0.29) is 6.10 Å². The lowest BCUT2D eigenvalue weighted by Crippen LogP contribution is -2.54. The molecule has 0 unspecified atom stereocenters. The van der Waals surface area contributed by atoms with Gasteiger partial charge in [0.1, 0.15) is 0 Å². The molecular formula is C18H20ClNO3S. The van der Waals surface area contributed by atoms with E-state index in [9.17, 15) is 8.42 Å². The van der Waals surface area contributed by atoms with Crippen LogP contribution in [0.5, 0.6) is 0 Å². The van der Waals surface area contributed by atoms with E-state index in [0.29, 0.717) is 29.6 Å². The number of nitrogens with zero attached hydrogens (tertiary/aromatic N) is 1. The predicted molar refractivity (Wildman–Crippen MR) is 94.7 cm³/mol. The van der Waals surface area contributed by atoms with Crippen LogP contribution in [0.1, 0.15) is 16.7 Å². The molecule has 0 amide bonds. The van der Waals surface area contributed by atoms with Crippen LogP contribution in [0.2, 0.25) is 5.02 Å². The molecule has 0 saturated carbocycles. The fourth-order valence-corrected chi connectivity index (χ4v) is 4.65. The Labute approximate surface area is 148 Å². The lowest BCUT2D eigenvalue weighted by Gasteiger charge is -2.38. The summed E-state index contributed by atoms with van der Waals surface area (Å²) in [5.41, 5.74) is 2.61. The van der Waals surface area contributed by atoms with Crippen LogP contribution in [0.3, 0.4) is 0 Å². The molecule has 1 fully saturated rings. The van der Waals surface area contributed by atoms with Gasteiger partial charge in [-0.25, -0.2) is 8.42 Å². The molecule has 0 atom stereocenters. The number of rotatable bonds is 5. The fourth-order valence-electron chi connectivity index (χ4n) is 2.65. The van der Waals surface area contributed by atoms with Crippen LogP contribution in [-0.2, 0) is 21.4 Å². The minimum atomic E-state index is -3.45. The van der Waals surface area contributed by atoms with Gasteiger partial charge in [0.25, 0.3) is 0 Å². The van der Waals surface area contributed by atoms with E-state index in [1.54, 1.807) is 6.07 Å². The highest BCUT2D eigenvalue weighted by Gasteiger charge is 2.38. The average Bonchev–Trinajstić information content (AvgIpc) is 2.49. The summed E-state index contributed by atoms with van der Waals surface area (Å²) in [6.45, 7) is 4.85. The van der Waals surface area contributed by atoms with Crippen molar-refractivity contribution in [3.05, 3.63) is 64.2 Å². The quantitative estimate of drug-likeness (QED) is 0.814. The standard InChI is InChI=1S/C18H20ClNO3S/c1-13-7-8-14(2)18(9-13)24(21,22)20-10-16(11-20)23-12-15-5-3-4-6-17(15)19/h3-9,16H,10-12H2,1-2H3. The summed E-state index contributed by atoms with van der Waals surface area (Å²) in [5, 5.41) is 0.664. The SMILES string of the molecule is Cc1ccc(C)c(S(=O)(=O)N2CC(OCc3ccccc3Cl)C2)c1. The van der Waals surface area contributed by atoms with Crippen LogP contribution in [0, 0.1) is 13.8 Å². The molecule has 1 heterocycles. The lowest BCUT2D eigenvalue weighted by atomic mass is 10.2. The number of halogens is 1. The normalized spacial score (nSPS) is 16.1. The molecule has 2 aromatic rings. The van der Waals surface area contributed by atoms with E-state index < -0.39 is 10.0 Å². The third-order valence-corrected chi connectivity index (χ3v) is 6.55. The van der Waals surface area contributed by atoms with Crippen molar-refractivity contribution in [1.29, 1.82) is 0 Å². The molecule has 0 N–H and O–H groups in total. The molecule has 0 aliphatic carbocycles.